The zero-order chi connectivity index (χ0) is 26.6. The van der Waals surface area contributed by atoms with Gasteiger partial charge in [0.05, 0.1) is 28.0 Å². The summed E-state index contributed by atoms with van der Waals surface area (Å²) in [7, 11) is 0. The van der Waals surface area contributed by atoms with Gasteiger partial charge in [0.1, 0.15) is 11.6 Å². The lowest BCUT2D eigenvalue weighted by molar-refractivity contribution is -0.137. The highest BCUT2D eigenvalue weighted by atomic mass is 19.1. The molecular formula is C30H27F2N3O3. The minimum absolute atomic E-state index is 0.0383. The standard InChI is InChI=1S/C30H27F2N3O3/c31-22-12-10-20(11-13-22)29-25(8-4-5-9-28(36)37)33-26-16-23(24(32)17-27(26)34-29)30(38)35-15-14-21(18-35)19-6-2-1-3-7-19/h1-3,6-7,10-13,16-17,21H,4-5,8-9,14-15,18H2,(H,36,37). The molecule has 3 aromatic carbocycles. The van der Waals surface area contributed by atoms with Gasteiger partial charge in [-0.1, -0.05) is 30.3 Å². The number of unbranched alkanes of at least 4 members (excludes halogenated alkanes) is 1. The van der Waals surface area contributed by atoms with Gasteiger partial charge in [0, 0.05) is 37.1 Å². The first kappa shape index (κ1) is 25.4. The summed E-state index contributed by atoms with van der Waals surface area (Å²) < 4.78 is 28.8. The van der Waals surface area contributed by atoms with E-state index < -0.39 is 17.6 Å². The number of halogens is 2. The van der Waals surface area contributed by atoms with E-state index in [1.807, 2.05) is 30.3 Å². The van der Waals surface area contributed by atoms with Crippen LogP contribution in [0.5, 0.6) is 0 Å². The van der Waals surface area contributed by atoms with E-state index in [9.17, 15) is 14.0 Å². The number of carboxylic acids is 1. The van der Waals surface area contributed by atoms with Gasteiger partial charge in [-0.25, -0.2) is 18.7 Å². The van der Waals surface area contributed by atoms with Crippen LogP contribution in [-0.2, 0) is 11.2 Å². The van der Waals surface area contributed by atoms with Crippen molar-refractivity contribution in [3.63, 3.8) is 0 Å². The normalized spacial score (nSPS) is 15.2. The van der Waals surface area contributed by atoms with Crippen LogP contribution in [0.25, 0.3) is 22.3 Å². The Bertz CT molecular complexity index is 1480. The Hall–Kier alpha value is -4.20. The summed E-state index contributed by atoms with van der Waals surface area (Å²) in [5.74, 6) is -2.10. The van der Waals surface area contributed by atoms with Crippen LogP contribution in [0, 0.1) is 11.6 Å². The number of carbonyl (C=O) groups is 2. The maximum Gasteiger partial charge on any atom is 0.303 e. The molecule has 8 heteroatoms. The first-order valence-electron chi connectivity index (χ1n) is 12.7. The maximum atomic E-state index is 15.2. The first-order valence-corrected chi connectivity index (χ1v) is 12.7. The zero-order valence-electron chi connectivity index (χ0n) is 20.7. The van der Waals surface area contributed by atoms with Gasteiger partial charge >= 0.3 is 5.97 Å². The minimum atomic E-state index is -0.872. The number of likely N-dealkylation sites (tertiary alicyclic amines) is 1. The first-order chi connectivity index (χ1) is 18.4. The number of aromatic nitrogens is 2. The number of fused-ring (bicyclic) bond motifs is 1. The fraction of sp³-hybridized carbons (Fsp3) is 0.267. The number of benzene rings is 3. The Kier molecular flexibility index (Phi) is 7.40. The predicted octanol–water partition coefficient (Wildman–Crippen LogP) is 6.00. The number of carboxylic acid groups (broad SMARTS) is 1. The van der Waals surface area contributed by atoms with Crippen molar-refractivity contribution in [2.75, 3.05) is 13.1 Å². The highest BCUT2D eigenvalue weighted by Gasteiger charge is 2.29. The van der Waals surface area contributed by atoms with Crippen molar-refractivity contribution in [2.45, 2.75) is 38.0 Å². The molecule has 0 radical (unpaired) electrons. The maximum absolute atomic E-state index is 15.2. The second-order valence-electron chi connectivity index (χ2n) is 9.59. The molecule has 1 saturated heterocycles. The van der Waals surface area contributed by atoms with E-state index in [2.05, 4.69) is 4.98 Å². The summed E-state index contributed by atoms with van der Waals surface area (Å²) in [6, 6.07) is 18.5. The Morgan fingerprint density at radius 1 is 0.947 bits per heavy atom. The van der Waals surface area contributed by atoms with Gasteiger partial charge in [-0.05, 0) is 61.6 Å². The Labute approximate surface area is 219 Å². The molecule has 1 aromatic heterocycles. The molecule has 1 amide bonds. The van der Waals surface area contributed by atoms with Crippen molar-refractivity contribution >= 4 is 22.9 Å². The highest BCUT2D eigenvalue weighted by molar-refractivity contribution is 5.98. The van der Waals surface area contributed by atoms with Gasteiger partial charge in [0.15, 0.2) is 0 Å². The van der Waals surface area contributed by atoms with Crippen LogP contribution in [0.4, 0.5) is 8.78 Å². The molecule has 0 aliphatic carbocycles. The van der Waals surface area contributed by atoms with Crippen molar-refractivity contribution in [3.05, 3.63) is 95.2 Å². The minimum Gasteiger partial charge on any atom is -0.481 e. The van der Waals surface area contributed by atoms with Gasteiger partial charge in [0.25, 0.3) is 5.91 Å². The zero-order valence-corrected chi connectivity index (χ0v) is 20.7. The van der Waals surface area contributed by atoms with E-state index in [0.29, 0.717) is 54.8 Å². The summed E-state index contributed by atoms with van der Waals surface area (Å²) in [6.45, 7) is 1.06. The number of hydrogen-bond acceptors (Lipinski definition) is 4. The largest absolute Gasteiger partial charge is 0.481 e. The monoisotopic (exact) mass is 515 g/mol. The van der Waals surface area contributed by atoms with Crippen molar-refractivity contribution in [2.24, 2.45) is 0 Å². The van der Waals surface area contributed by atoms with Crippen molar-refractivity contribution < 1.29 is 23.5 Å². The van der Waals surface area contributed by atoms with E-state index in [1.165, 1.54) is 24.3 Å². The molecule has 4 aromatic rings. The topological polar surface area (TPSA) is 83.4 Å². The molecule has 2 heterocycles. The average molecular weight is 516 g/mol. The number of amides is 1. The fourth-order valence-electron chi connectivity index (χ4n) is 4.97. The van der Waals surface area contributed by atoms with Crippen LogP contribution in [0.15, 0.2) is 66.7 Å². The molecule has 6 nitrogen and oxygen atoms in total. The molecule has 1 unspecified atom stereocenters. The molecule has 38 heavy (non-hydrogen) atoms. The summed E-state index contributed by atoms with van der Waals surface area (Å²) in [6.07, 6.45) is 2.31. The Balaban J connectivity index is 1.45. The van der Waals surface area contributed by atoms with Crippen LogP contribution >= 0.6 is 0 Å². The van der Waals surface area contributed by atoms with E-state index in [0.717, 1.165) is 12.0 Å². The number of nitrogens with zero attached hydrogens (tertiary/aromatic N) is 3. The quantitative estimate of drug-likeness (QED) is 0.291. The number of carbonyl (C=O) groups excluding carboxylic acids is 1. The third-order valence-electron chi connectivity index (χ3n) is 6.97. The van der Waals surface area contributed by atoms with Crippen LogP contribution in [-0.4, -0.2) is 44.9 Å². The molecule has 5 rings (SSSR count). The van der Waals surface area contributed by atoms with Crippen molar-refractivity contribution in [1.29, 1.82) is 0 Å². The fourth-order valence-corrected chi connectivity index (χ4v) is 4.97. The second-order valence-corrected chi connectivity index (χ2v) is 9.59. The molecule has 1 fully saturated rings. The predicted molar refractivity (Wildman–Crippen MR) is 140 cm³/mol. The molecular weight excluding hydrogens is 488 g/mol. The van der Waals surface area contributed by atoms with Gasteiger partial charge in [0.2, 0.25) is 0 Å². The van der Waals surface area contributed by atoms with Crippen molar-refractivity contribution in [1.82, 2.24) is 14.9 Å². The van der Waals surface area contributed by atoms with Crippen LogP contribution in [0.3, 0.4) is 0 Å². The molecule has 1 aliphatic heterocycles. The molecule has 1 N–H and O–H groups in total. The van der Waals surface area contributed by atoms with Gasteiger partial charge in [-0.15, -0.1) is 0 Å². The molecule has 194 valence electrons. The Morgan fingerprint density at radius 3 is 2.42 bits per heavy atom. The second kappa shape index (κ2) is 11.0. The lowest BCUT2D eigenvalue weighted by atomic mass is 9.99. The van der Waals surface area contributed by atoms with Gasteiger partial charge in [-0.2, -0.15) is 0 Å². The van der Waals surface area contributed by atoms with Crippen molar-refractivity contribution in [3.8, 4) is 11.3 Å². The molecule has 0 spiro atoms. The number of rotatable bonds is 8. The average Bonchev–Trinajstić information content (AvgIpc) is 3.41. The van der Waals surface area contributed by atoms with E-state index in [4.69, 9.17) is 10.1 Å². The summed E-state index contributed by atoms with van der Waals surface area (Å²) >= 11 is 0. The van der Waals surface area contributed by atoms with Crippen LogP contribution in [0.2, 0.25) is 0 Å². The smallest absolute Gasteiger partial charge is 0.303 e. The summed E-state index contributed by atoms with van der Waals surface area (Å²) in [5.41, 5.74) is 3.48. The third kappa shape index (κ3) is 5.54. The molecule has 1 aliphatic rings. The van der Waals surface area contributed by atoms with E-state index >= 15 is 4.39 Å². The van der Waals surface area contributed by atoms with E-state index in [-0.39, 0.29) is 29.3 Å². The lowest BCUT2D eigenvalue weighted by Crippen LogP contribution is -2.29. The molecule has 1 atom stereocenters. The van der Waals surface area contributed by atoms with Gasteiger partial charge in [-0.3, -0.25) is 9.59 Å². The van der Waals surface area contributed by atoms with E-state index in [1.54, 1.807) is 17.0 Å². The SMILES string of the molecule is O=C(O)CCCCc1nc2cc(C(=O)N3CCC(c4ccccc4)C3)c(F)cc2nc1-c1ccc(F)cc1. The summed E-state index contributed by atoms with van der Waals surface area (Å²) in [4.78, 5) is 35.3. The Morgan fingerprint density at radius 2 is 1.68 bits per heavy atom. The highest BCUT2D eigenvalue weighted by Crippen LogP contribution is 2.30. The molecule has 0 saturated carbocycles. The molecule has 0 bridgehead atoms. The lowest BCUT2D eigenvalue weighted by Gasteiger charge is -2.18. The van der Waals surface area contributed by atoms with Crippen LogP contribution < -0.4 is 0 Å². The number of aryl methyl sites for hydroxylation is 1. The number of hydrogen-bond donors (Lipinski definition) is 1. The van der Waals surface area contributed by atoms with Crippen LogP contribution in [0.1, 0.15) is 53.2 Å². The third-order valence-corrected chi connectivity index (χ3v) is 6.97. The summed E-state index contributed by atoms with van der Waals surface area (Å²) in [5, 5.41) is 8.96. The van der Waals surface area contributed by atoms with Gasteiger partial charge < -0.3 is 10.0 Å². The number of aliphatic carboxylic acids is 1.